The number of furan rings is 1. The van der Waals surface area contributed by atoms with Crippen LogP contribution >= 0.6 is 0 Å². The summed E-state index contributed by atoms with van der Waals surface area (Å²) in [5, 5.41) is 1.22. The number of para-hydroxylation sites is 1. The molecule has 13 rings (SSSR count). The highest BCUT2D eigenvalue weighted by Crippen LogP contribution is 2.62. The van der Waals surface area contributed by atoms with Crippen molar-refractivity contribution in [1.29, 1.82) is 0 Å². The van der Waals surface area contributed by atoms with E-state index in [1.54, 1.807) is 0 Å². The van der Waals surface area contributed by atoms with Crippen molar-refractivity contribution in [3.63, 3.8) is 0 Å². The van der Waals surface area contributed by atoms with Gasteiger partial charge in [0.05, 0.1) is 16.9 Å². The van der Waals surface area contributed by atoms with E-state index < -0.39 is 0 Å². The molecule has 0 N–H and O–H groups in total. The van der Waals surface area contributed by atoms with Crippen LogP contribution in [0.5, 0.6) is 0 Å². The molecule has 0 bridgehead atoms. The summed E-state index contributed by atoms with van der Waals surface area (Å²) < 4.78 is 7.86. The molecule has 7 aromatic rings. The molecule has 0 amide bonds. The topological polar surface area (TPSA) is 22.9 Å². The van der Waals surface area contributed by atoms with Crippen molar-refractivity contribution in [3.8, 4) is 0 Å². The largest absolute Gasteiger partial charge is 0.468 e. The Morgan fingerprint density at radius 2 is 0.987 bits per heavy atom. The fraction of sp³-hybridized carbons (Fsp3) is 0.486. The quantitative estimate of drug-likeness (QED) is 0.165. The summed E-state index contributed by atoms with van der Waals surface area (Å²) in [6, 6.07) is 42.4. The fourth-order valence-corrected chi connectivity index (χ4v) is 16.1. The summed E-state index contributed by atoms with van der Waals surface area (Å²) in [7, 11) is 0. The van der Waals surface area contributed by atoms with E-state index in [0.29, 0.717) is 0 Å². The molecule has 4 nitrogen and oxygen atoms in total. The molecule has 0 saturated heterocycles. The standard InChI is InChI=1S/C74H90BN3O/c1-66(2,3)45-26-29-59-57(39-45)75-63-60(76(59)49-37-46(67(4,5)6)36-47(38-49)68(7,8)9)41-50(78-58-25-21-20-24-53(58)73(18)30-22-23-31-74(73,78)19)42-61(63)77(48-27-28-52-54(40-48)70(12,13)33-32-69(52,10)11)64-51-43-55-56(44-62(51)79-65(64)75)72(16,17)35-34-71(55,14)15/h20-21,24-29,36-44H,22-23,30-35H2,1-19H3. The van der Waals surface area contributed by atoms with Crippen molar-refractivity contribution >= 4 is 79.8 Å². The van der Waals surface area contributed by atoms with Crippen LogP contribution in [0, 0.1) is 0 Å². The summed E-state index contributed by atoms with van der Waals surface area (Å²) in [6.07, 6.45) is 9.40. The van der Waals surface area contributed by atoms with E-state index in [0.717, 1.165) is 36.9 Å². The third-order valence-electron chi connectivity index (χ3n) is 21.8. The molecule has 2 unspecified atom stereocenters. The van der Waals surface area contributed by atoms with Gasteiger partial charge in [-0.05, 0) is 199 Å². The van der Waals surface area contributed by atoms with Gasteiger partial charge >= 0.3 is 0 Å². The predicted molar refractivity (Wildman–Crippen MR) is 340 cm³/mol. The van der Waals surface area contributed by atoms with Crippen LogP contribution in [-0.4, -0.2) is 12.3 Å². The van der Waals surface area contributed by atoms with Gasteiger partial charge in [-0.2, -0.15) is 0 Å². The first kappa shape index (κ1) is 52.7. The van der Waals surface area contributed by atoms with E-state index in [2.05, 4.69) is 249 Å². The maximum absolute atomic E-state index is 7.86. The SMILES string of the molecule is CC(C)(C)c1cc(N2c3ccc(C(C)(C)C)cc3B3c4oc5cc6c(cc5c4N(c4ccc5c(c4)C(C)(C)CCC5(C)C)c4cc(N5c7ccccc7C7(C)CCCCC57C)cc2c43)C(C)(C)CCC6(C)C)cc(C(C)(C)C)c1. The van der Waals surface area contributed by atoms with Gasteiger partial charge in [0, 0.05) is 50.6 Å². The second kappa shape index (κ2) is 16.5. The lowest BCUT2D eigenvalue weighted by Gasteiger charge is -2.51. The Bertz CT molecular complexity index is 3680. The van der Waals surface area contributed by atoms with E-state index in [-0.39, 0.29) is 55.6 Å². The zero-order valence-corrected chi connectivity index (χ0v) is 51.8. The first-order chi connectivity index (χ1) is 36.8. The number of nitrogens with zero attached hydrogens (tertiary/aromatic N) is 3. The molecule has 0 spiro atoms. The van der Waals surface area contributed by atoms with Crippen LogP contribution in [0.3, 0.4) is 0 Å². The molecule has 410 valence electrons. The highest BCUT2D eigenvalue weighted by atomic mass is 16.3. The molecule has 0 radical (unpaired) electrons. The lowest BCUT2D eigenvalue weighted by Crippen LogP contribution is -2.61. The van der Waals surface area contributed by atoms with Gasteiger partial charge in [-0.1, -0.05) is 180 Å². The monoisotopic (exact) mass is 1050 g/mol. The van der Waals surface area contributed by atoms with Crippen LogP contribution in [0.1, 0.15) is 227 Å². The van der Waals surface area contributed by atoms with Gasteiger partial charge in [-0.3, -0.25) is 0 Å². The summed E-state index contributed by atoms with van der Waals surface area (Å²) in [6.45, 7) is 46.2. The van der Waals surface area contributed by atoms with Crippen molar-refractivity contribution in [2.24, 2.45) is 0 Å². The van der Waals surface area contributed by atoms with Crippen LogP contribution < -0.4 is 31.3 Å². The summed E-state index contributed by atoms with van der Waals surface area (Å²) >= 11 is 0. The number of anilines is 8. The smallest absolute Gasteiger partial charge is 0.297 e. The Kier molecular flexibility index (Phi) is 11.0. The molecule has 3 aliphatic heterocycles. The average molecular weight is 1050 g/mol. The minimum absolute atomic E-state index is 0.0116. The number of fused-ring (bicyclic) bond motifs is 11. The van der Waals surface area contributed by atoms with E-state index in [9.17, 15) is 0 Å². The zero-order valence-electron chi connectivity index (χ0n) is 51.8. The van der Waals surface area contributed by atoms with Gasteiger partial charge in [0.2, 0.25) is 0 Å². The molecule has 4 heterocycles. The van der Waals surface area contributed by atoms with Crippen LogP contribution in [0.4, 0.5) is 45.5 Å². The highest BCUT2D eigenvalue weighted by molar-refractivity contribution is 7.00. The second-order valence-electron chi connectivity index (χ2n) is 31.9. The third kappa shape index (κ3) is 7.57. The third-order valence-corrected chi connectivity index (χ3v) is 21.8. The van der Waals surface area contributed by atoms with Crippen LogP contribution in [-0.2, 0) is 43.3 Å². The fourth-order valence-electron chi connectivity index (χ4n) is 16.1. The molecule has 2 atom stereocenters. The van der Waals surface area contributed by atoms with E-state index in [1.807, 2.05) is 0 Å². The normalized spacial score (nSPS) is 23.1. The molecule has 6 aromatic carbocycles. The lowest BCUT2D eigenvalue weighted by atomic mass is 9.35. The molecular weight excluding hydrogens is 958 g/mol. The van der Waals surface area contributed by atoms with Crippen molar-refractivity contribution in [2.45, 2.75) is 232 Å². The number of benzene rings is 6. The molecule has 79 heavy (non-hydrogen) atoms. The lowest BCUT2D eigenvalue weighted by molar-refractivity contribution is 0.195. The van der Waals surface area contributed by atoms with Gasteiger partial charge in [0.25, 0.3) is 6.71 Å². The summed E-state index contributed by atoms with van der Waals surface area (Å²) in [5.74, 6) is 0. The number of rotatable bonds is 3. The van der Waals surface area contributed by atoms with Crippen molar-refractivity contribution < 1.29 is 4.42 Å². The van der Waals surface area contributed by atoms with Crippen LogP contribution in [0.15, 0.2) is 108 Å². The van der Waals surface area contributed by atoms with E-state index in [4.69, 9.17) is 4.42 Å². The maximum Gasteiger partial charge on any atom is 0.297 e. The first-order valence-electron chi connectivity index (χ1n) is 30.5. The number of hydrogen-bond donors (Lipinski definition) is 0. The summed E-state index contributed by atoms with van der Waals surface area (Å²) in [5.41, 5.74) is 25.7. The Hall–Kier alpha value is -5.68. The first-order valence-corrected chi connectivity index (χ1v) is 30.5. The van der Waals surface area contributed by atoms with Crippen molar-refractivity contribution in [3.05, 3.63) is 148 Å². The Morgan fingerprint density at radius 3 is 1.61 bits per heavy atom. The average Bonchev–Trinajstić information content (AvgIpc) is 2.35. The van der Waals surface area contributed by atoms with Gasteiger partial charge in [-0.25, -0.2) is 0 Å². The molecule has 6 aliphatic rings. The minimum Gasteiger partial charge on any atom is -0.468 e. The Morgan fingerprint density at radius 1 is 0.430 bits per heavy atom. The van der Waals surface area contributed by atoms with Crippen molar-refractivity contribution in [2.75, 3.05) is 14.7 Å². The molecule has 5 heteroatoms. The Labute approximate surface area is 475 Å². The van der Waals surface area contributed by atoms with Gasteiger partial charge in [0.15, 0.2) is 0 Å². The van der Waals surface area contributed by atoms with Gasteiger partial charge in [0.1, 0.15) is 5.58 Å². The second-order valence-corrected chi connectivity index (χ2v) is 31.9. The molecule has 1 saturated carbocycles. The van der Waals surface area contributed by atoms with Crippen LogP contribution in [0.2, 0.25) is 0 Å². The summed E-state index contributed by atoms with van der Waals surface area (Å²) in [4.78, 5) is 8.25. The predicted octanol–water partition coefficient (Wildman–Crippen LogP) is 18.8. The molecule has 1 aromatic heterocycles. The minimum atomic E-state index is -0.174. The number of hydrogen-bond acceptors (Lipinski definition) is 4. The van der Waals surface area contributed by atoms with Gasteiger partial charge in [-0.15, -0.1) is 0 Å². The molecular formula is C74H90BN3O. The zero-order chi connectivity index (χ0) is 56.3. The van der Waals surface area contributed by atoms with Crippen LogP contribution in [0.25, 0.3) is 11.0 Å². The Balaban J connectivity index is 1.21. The molecule has 3 aliphatic carbocycles. The highest BCUT2D eigenvalue weighted by Gasteiger charge is 2.58. The maximum atomic E-state index is 7.86. The van der Waals surface area contributed by atoms with Crippen molar-refractivity contribution in [1.82, 2.24) is 0 Å². The van der Waals surface area contributed by atoms with Gasteiger partial charge < -0.3 is 19.1 Å². The molecule has 1 fully saturated rings. The van der Waals surface area contributed by atoms with E-state index >= 15 is 0 Å². The van der Waals surface area contributed by atoms with E-state index in [1.165, 1.54) is 132 Å².